The second-order valence-electron chi connectivity index (χ2n) is 2.22. The van der Waals surface area contributed by atoms with Crippen molar-refractivity contribution in [2.75, 3.05) is 6.26 Å². The molecule has 0 fully saturated rings. The molecule has 12 heavy (non-hydrogen) atoms. The third-order valence-electron chi connectivity index (χ3n) is 1.38. The lowest BCUT2D eigenvalue weighted by Gasteiger charge is -2.08. The van der Waals surface area contributed by atoms with Crippen LogP contribution in [-0.4, -0.2) is 29.5 Å². The lowest BCUT2D eigenvalue weighted by atomic mass is 10.6. The quantitative estimate of drug-likeness (QED) is 0.334. The van der Waals surface area contributed by atoms with E-state index in [0.717, 1.165) is 0 Å². The van der Waals surface area contributed by atoms with Gasteiger partial charge in [-0.15, -0.1) is 0 Å². The van der Waals surface area contributed by atoms with Gasteiger partial charge >= 0.3 is 4.99 Å². The molecular weight excluding hydrogens is 192 g/mol. The van der Waals surface area contributed by atoms with Crippen molar-refractivity contribution in [1.82, 2.24) is 0 Å². The van der Waals surface area contributed by atoms with Crippen LogP contribution in [0.2, 0.25) is 0 Å². The molecule has 0 aliphatic carbocycles. The van der Waals surface area contributed by atoms with E-state index in [2.05, 4.69) is 0 Å². The lowest BCUT2D eigenvalue weighted by Crippen LogP contribution is -2.49. The third-order valence-corrected chi connectivity index (χ3v) is 3.08. The molecule has 0 heterocycles. The highest BCUT2D eigenvalue weighted by Crippen LogP contribution is 2.16. The first-order chi connectivity index (χ1) is 5.14. The molecule has 0 bridgehead atoms. The van der Waals surface area contributed by atoms with Gasteiger partial charge in [-0.05, 0) is 0 Å². The van der Waals surface area contributed by atoms with Gasteiger partial charge in [0.1, 0.15) is 9.85 Å². The van der Waals surface area contributed by atoms with E-state index in [0.29, 0.717) is 13.2 Å². The molecule has 0 N–H and O–H groups in total. The smallest absolute Gasteiger partial charge is 0.257 e. The molecule has 0 radical (unpaired) electrons. The summed E-state index contributed by atoms with van der Waals surface area (Å²) < 4.78 is 21.3. The maximum atomic E-state index is 10.7. The monoisotopic (exact) mass is 198 g/mol. The summed E-state index contributed by atoms with van der Waals surface area (Å²) in [5.74, 6) is 0. The normalized spacial score (nSPS) is 12.5. The molecule has 9 heteroatoms. The second-order valence-corrected chi connectivity index (χ2v) is 4.54. The molecule has 0 saturated heterocycles. The van der Waals surface area contributed by atoms with Gasteiger partial charge in [-0.2, -0.15) is 0 Å². The summed E-state index contributed by atoms with van der Waals surface area (Å²) in [7, 11) is -4.36. The van der Waals surface area contributed by atoms with E-state index in [1.54, 1.807) is 0 Å². The first kappa shape index (κ1) is 10.8. The molecule has 8 nitrogen and oxygen atoms in total. The zero-order valence-electron chi connectivity index (χ0n) is 6.25. The summed E-state index contributed by atoms with van der Waals surface area (Å²) in [4.78, 5) is 14.2. The average Bonchev–Trinajstić information content (AvgIpc) is 1.82. The fourth-order valence-electron chi connectivity index (χ4n) is 0.337. The maximum absolute atomic E-state index is 10.7. The van der Waals surface area contributed by atoms with E-state index in [1.165, 1.54) is 0 Å². The molecule has 0 atom stereocenters. The van der Waals surface area contributed by atoms with E-state index >= 15 is 0 Å². The molecule has 0 rings (SSSR count). The average molecular weight is 198 g/mol. The number of rotatable bonds is 3. The van der Waals surface area contributed by atoms with Crippen LogP contribution in [-0.2, 0) is 9.84 Å². The fourth-order valence-corrected chi connectivity index (χ4v) is 0.879. The van der Waals surface area contributed by atoms with E-state index in [-0.39, 0.29) is 0 Å². The van der Waals surface area contributed by atoms with Crippen LogP contribution in [0, 0.1) is 20.2 Å². The van der Waals surface area contributed by atoms with E-state index < -0.39 is 24.7 Å². The van der Waals surface area contributed by atoms with Crippen molar-refractivity contribution in [3.8, 4) is 0 Å². The van der Waals surface area contributed by atoms with E-state index in [9.17, 15) is 28.6 Å². The lowest BCUT2D eigenvalue weighted by molar-refractivity contribution is -0.759. The largest absolute Gasteiger partial charge is 0.553 e. The van der Waals surface area contributed by atoms with Crippen LogP contribution in [0.25, 0.3) is 0 Å². The number of nitro groups is 2. The molecule has 0 aliphatic heterocycles. The topological polar surface area (TPSA) is 120 Å². The number of hydrogen-bond donors (Lipinski definition) is 0. The molecule has 70 valence electrons. The maximum Gasteiger partial charge on any atom is 0.553 e. The Morgan fingerprint density at radius 3 is 1.42 bits per heavy atom. The molecule has 0 aromatic heterocycles. The highest BCUT2D eigenvalue weighted by Gasteiger charge is 2.61. The van der Waals surface area contributed by atoms with Crippen molar-refractivity contribution in [3.05, 3.63) is 20.2 Å². The zero-order chi connectivity index (χ0) is 10.2. The molecule has 0 aliphatic rings. The minimum Gasteiger partial charge on any atom is -0.257 e. The molecule has 0 spiro atoms. The highest BCUT2D eigenvalue weighted by molar-refractivity contribution is 7.91. The first-order valence-corrected chi connectivity index (χ1v) is 4.51. The highest BCUT2D eigenvalue weighted by atomic mass is 32.2. The van der Waals surface area contributed by atoms with Gasteiger partial charge in [-0.3, -0.25) is 20.2 Å². The Kier molecular flexibility index (Phi) is 2.38. The van der Waals surface area contributed by atoms with Gasteiger partial charge in [0, 0.05) is 0 Å². The number of nitrogens with zero attached hydrogens (tertiary/aromatic N) is 2. The summed E-state index contributed by atoms with van der Waals surface area (Å²) in [5.41, 5.74) is 0. The van der Waals surface area contributed by atoms with Crippen LogP contribution < -0.4 is 0 Å². The van der Waals surface area contributed by atoms with Crippen LogP contribution in [0.5, 0.6) is 0 Å². The molecule has 0 aromatic rings. The Labute approximate surface area is 67.4 Å². The standard InChI is InChI=1S/C3H6N2O6S/c1-3(4(6)7,5(8)9)12(2,10)11/h1-2H3. The fraction of sp³-hybridized carbons (Fsp3) is 1.00. The van der Waals surface area contributed by atoms with Crippen LogP contribution in [0.15, 0.2) is 0 Å². The molecule has 0 aromatic carbocycles. The number of sulfone groups is 1. The van der Waals surface area contributed by atoms with Gasteiger partial charge in [0.2, 0.25) is 0 Å². The van der Waals surface area contributed by atoms with Gasteiger partial charge in [-0.25, -0.2) is 8.42 Å². The minimum atomic E-state index is -4.36. The summed E-state index contributed by atoms with van der Waals surface area (Å²) in [6, 6.07) is 0. The Balaban J connectivity index is 5.49. The second kappa shape index (κ2) is 2.66. The Morgan fingerprint density at radius 1 is 1.17 bits per heavy atom. The minimum absolute atomic E-state index is 0.433. The first-order valence-electron chi connectivity index (χ1n) is 2.62. The van der Waals surface area contributed by atoms with E-state index in [4.69, 9.17) is 0 Å². The van der Waals surface area contributed by atoms with Crippen LogP contribution in [0.1, 0.15) is 6.92 Å². The Hall–Kier alpha value is -1.25. The van der Waals surface area contributed by atoms with Crippen molar-refractivity contribution in [3.63, 3.8) is 0 Å². The number of hydrogen-bond acceptors (Lipinski definition) is 6. The summed E-state index contributed by atoms with van der Waals surface area (Å²) in [6.07, 6.45) is 0.443. The predicted molar refractivity (Wildman–Crippen MR) is 37.2 cm³/mol. The van der Waals surface area contributed by atoms with Crippen molar-refractivity contribution >= 4 is 9.84 Å². The van der Waals surface area contributed by atoms with Crippen molar-refractivity contribution in [2.45, 2.75) is 11.9 Å². The van der Waals surface area contributed by atoms with Gasteiger partial charge < -0.3 is 0 Å². The summed E-state index contributed by atoms with van der Waals surface area (Å²) >= 11 is 0. The van der Waals surface area contributed by atoms with Crippen molar-refractivity contribution in [1.29, 1.82) is 0 Å². The molecular formula is C3H6N2O6S. The molecule has 0 amide bonds. The van der Waals surface area contributed by atoms with Gasteiger partial charge in [0.05, 0.1) is 13.2 Å². The molecule has 0 saturated carbocycles. The van der Waals surface area contributed by atoms with Crippen LogP contribution in [0.4, 0.5) is 0 Å². The Morgan fingerprint density at radius 2 is 1.42 bits per heavy atom. The molecule has 0 unspecified atom stereocenters. The van der Waals surface area contributed by atoms with Crippen LogP contribution >= 0.6 is 0 Å². The third kappa shape index (κ3) is 1.35. The Bertz CT molecular complexity index is 304. The summed E-state index contributed by atoms with van der Waals surface area (Å²) in [5, 5.41) is 20.2. The SMILES string of the molecule is CC([N+](=O)[O-])([N+](=O)[O-])S(C)(=O)=O. The van der Waals surface area contributed by atoms with Crippen molar-refractivity contribution in [2.24, 2.45) is 0 Å². The zero-order valence-corrected chi connectivity index (χ0v) is 7.07. The van der Waals surface area contributed by atoms with Crippen LogP contribution in [0.3, 0.4) is 0 Å². The van der Waals surface area contributed by atoms with Gasteiger partial charge in [0.25, 0.3) is 9.84 Å². The van der Waals surface area contributed by atoms with Crippen molar-refractivity contribution < 1.29 is 18.3 Å². The summed E-state index contributed by atoms with van der Waals surface area (Å²) in [6.45, 7) is 0.433. The van der Waals surface area contributed by atoms with Gasteiger partial charge in [-0.1, -0.05) is 0 Å². The van der Waals surface area contributed by atoms with E-state index in [1.807, 2.05) is 0 Å². The van der Waals surface area contributed by atoms with Gasteiger partial charge in [0.15, 0.2) is 0 Å². The predicted octanol–water partition coefficient (Wildman–Crippen LogP) is -0.742.